The molecule has 0 bridgehead atoms. The first kappa shape index (κ1) is 16.8. The van der Waals surface area contributed by atoms with Crippen LogP contribution in [-0.4, -0.2) is 24.5 Å². The minimum absolute atomic E-state index is 0.546. The second kappa shape index (κ2) is 6.69. The number of fused-ring (bicyclic) bond motifs is 1. The third kappa shape index (κ3) is 4.71. The number of methoxy groups -OCH3 is 1. The predicted octanol–water partition coefficient (Wildman–Crippen LogP) is 4.10. The number of hydrogen-bond acceptors (Lipinski definition) is 4. The van der Waals surface area contributed by atoms with E-state index in [1.54, 1.807) is 27.9 Å². The summed E-state index contributed by atoms with van der Waals surface area (Å²) < 4.78 is 10.4. The number of hydrogen-bond donors (Lipinski definition) is 1. The Hall–Kier alpha value is -2.56. The van der Waals surface area contributed by atoms with Crippen LogP contribution in [0.5, 0.6) is 5.75 Å². The van der Waals surface area contributed by atoms with Gasteiger partial charge < -0.3 is 9.47 Å². The van der Waals surface area contributed by atoms with E-state index in [4.69, 9.17) is 9.47 Å². The molecule has 0 unspecified atom stereocenters. The molecule has 0 fully saturated rings. The van der Waals surface area contributed by atoms with Crippen molar-refractivity contribution in [2.45, 2.75) is 33.3 Å². The largest absolute Gasteiger partial charge is 0.497 e. The van der Waals surface area contributed by atoms with Crippen molar-refractivity contribution >= 4 is 22.6 Å². The molecule has 0 aliphatic heterocycles. The van der Waals surface area contributed by atoms with E-state index in [1.807, 2.05) is 43.3 Å². The monoisotopic (exact) mass is 314 g/mol. The summed E-state index contributed by atoms with van der Waals surface area (Å²) in [4.78, 5) is 11.6. The average Bonchev–Trinajstić information content (AvgIpc) is 2.49. The van der Waals surface area contributed by atoms with Crippen molar-refractivity contribution in [2.24, 2.45) is 5.10 Å². The van der Waals surface area contributed by atoms with Crippen molar-refractivity contribution in [1.29, 1.82) is 0 Å². The van der Waals surface area contributed by atoms with Crippen LogP contribution in [-0.2, 0) is 4.74 Å². The average molecular weight is 314 g/mol. The van der Waals surface area contributed by atoms with Crippen LogP contribution in [0.4, 0.5) is 4.79 Å². The fourth-order valence-corrected chi connectivity index (χ4v) is 2.07. The maximum atomic E-state index is 11.6. The van der Waals surface area contributed by atoms with Gasteiger partial charge in [0, 0.05) is 0 Å². The number of amides is 1. The van der Waals surface area contributed by atoms with Gasteiger partial charge in [-0.3, -0.25) is 0 Å². The first-order chi connectivity index (χ1) is 10.8. The van der Waals surface area contributed by atoms with E-state index in [1.165, 1.54) is 0 Å². The molecule has 2 rings (SSSR count). The summed E-state index contributed by atoms with van der Waals surface area (Å²) in [7, 11) is 1.65. The molecule has 0 aliphatic carbocycles. The van der Waals surface area contributed by atoms with E-state index in [0.717, 1.165) is 22.1 Å². The molecule has 0 radical (unpaired) electrons. The molecule has 2 aromatic rings. The molecule has 0 saturated carbocycles. The van der Waals surface area contributed by atoms with Gasteiger partial charge in [-0.25, -0.2) is 10.2 Å². The van der Waals surface area contributed by atoms with Crippen molar-refractivity contribution in [1.82, 2.24) is 5.43 Å². The predicted molar refractivity (Wildman–Crippen MR) is 92.1 cm³/mol. The van der Waals surface area contributed by atoms with Crippen molar-refractivity contribution in [3.05, 3.63) is 42.0 Å². The van der Waals surface area contributed by atoms with Crippen LogP contribution in [0, 0.1) is 0 Å². The second-order valence-corrected chi connectivity index (χ2v) is 6.24. The number of hydrazone groups is 1. The number of benzene rings is 2. The Morgan fingerprint density at radius 2 is 1.74 bits per heavy atom. The zero-order valence-corrected chi connectivity index (χ0v) is 14.1. The van der Waals surface area contributed by atoms with E-state index in [2.05, 4.69) is 10.5 Å². The highest BCUT2D eigenvalue weighted by Crippen LogP contribution is 2.22. The van der Waals surface area contributed by atoms with Crippen LogP contribution in [0.15, 0.2) is 41.5 Å². The summed E-state index contributed by atoms with van der Waals surface area (Å²) in [5.41, 5.74) is 3.50. The Morgan fingerprint density at radius 3 is 2.39 bits per heavy atom. The Kier molecular flexibility index (Phi) is 4.89. The van der Waals surface area contributed by atoms with Crippen LogP contribution in [0.25, 0.3) is 10.8 Å². The molecule has 0 aliphatic rings. The summed E-state index contributed by atoms with van der Waals surface area (Å²) in [6.07, 6.45) is -0.567. The van der Waals surface area contributed by atoms with Gasteiger partial charge in [-0.2, -0.15) is 5.10 Å². The highest BCUT2D eigenvalue weighted by Gasteiger charge is 2.15. The summed E-state index contributed by atoms with van der Waals surface area (Å²) >= 11 is 0. The highest BCUT2D eigenvalue weighted by molar-refractivity contribution is 6.02. The van der Waals surface area contributed by atoms with E-state index in [0.29, 0.717) is 5.71 Å². The molecule has 0 aromatic heterocycles. The van der Waals surface area contributed by atoms with Gasteiger partial charge in [0.15, 0.2) is 0 Å². The minimum Gasteiger partial charge on any atom is -0.497 e. The molecule has 0 heterocycles. The fraction of sp³-hybridized carbons (Fsp3) is 0.333. The fourth-order valence-electron chi connectivity index (χ4n) is 2.07. The van der Waals surface area contributed by atoms with Crippen molar-refractivity contribution in [2.75, 3.05) is 7.11 Å². The van der Waals surface area contributed by atoms with Crippen molar-refractivity contribution in [3.8, 4) is 5.75 Å². The Bertz CT molecular complexity index is 746. The van der Waals surface area contributed by atoms with E-state index >= 15 is 0 Å². The van der Waals surface area contributed by atoms with E-state index < -0.39 is 11.7 Å². The van der Waals surface area contributed by atoms with Gasteiger partial charge in [0.2, 0.25) is 0 Å². The van der Waals surface area contributed by atoms with Crippen LogP contribution in [0.2, 0.25) is 0 Å². The van der Waals surface area contributed by atoms with Gasteiger partial charge in [0.05, 0.1) is 12.8 Å². The molecule has 2 aromatic carbocycles. The molecule has 1 amide bonds. The van der Waals surface area contributed by atoms with Crippen LogP contribution in [0.3, 0.4) is 0 Å². The molecule has 1 N–H and O–H groups in total. The first-order valence-electron chi connectivity index (χ1n) is 7.40. The van der Waals surface area contributed by atoms with E-state index in [-0.39, 0.29) is 0 Å². The summed E-state index contributed by atoms with van der Waals surface area (Å²) in [6, 6.07) is 11.9. The normalized spacial score (nSPS) is 12.1. The van der Waals surface area contributed by atoms with E-state index in [9.17, 15) is 4.79 Å². The number of carbonyl (C=O) groups excluding carboxylic acids is 1. The number of nitrogens with one attached hydrogen (secondary N) is 1. The number of nitrogens with zero attached hydrogens (tertiary/aromatic N) is 1. The zero-order chi connectivity index (χ0) is 17.0. The molecule has 0 saturated heterocycles. The Balaban J connectivity index is 2.15. The van der Waals surface area contributed by atoms with Crippen molar-refractivity contribution in [3.63, 3.8) is 0 Å². The molecule has 23 heavy (non-hydrogen) atoms. The van der Waals surface area contributed by atoms with Gasteiger partial charge in [0.1, 0.15) is 11.4 Å². The minimum atomic E-state index is -0.567. The molecular weight excluding hydrogens is 292 g/mol. The van der Waals surface area contributed by atoms with Gasteiger partial charge in [0.25, 0.3) is 0 Å². The standard InChI is InChI=1S/C18H22N2O3/c1-12(19-20-17(21)23-18(2,3)4)13-6-7-15-11-16(22-5)9-8-14(15)10-13/h6-11H,1-5H3,(H,20,21). The molecule has 0 atom stereocenters. The maximum Gasteiger partial charge on any atom is 0.428 e. The summed E-state index contributed by atoms with van der Waals surface area (Å²) in [5.74, 6) is 0.822. The molecular formula is C18H22N2O3. The number of ether oxygens (including phenoxy) is 2. The molecule has 0 spiro atoms. The van der Waals surface area contributed by atoms with Gasteiger partial charge in [-0.05, 0) is 62.2 Å². The zero-order valence-electron chi connectivity index (χ0n) is 14.1. The summed E-state index contributed by atoms with van der Waals surface area (Å²) in [5, 5.41) is 6.25. The quantitative estimate of drug-likeness (QED) is 0.685. The lowest BCUT2D eigenvalue weighted by atomic mass is 10.0. The van der Waals surface area contributed by atoms with Gasteiger partial charge >= 0.3 is 6.09 Å². The lowest BCUT2D eigenvalue weighted by molar-refractivity contribution is 0.0529. The van der Waals surface area contributed by atoms with Crippen molar-refractivity contribution < 1.29 is 14.3 Å². The Morgan fingerprint density at radius 1 is 1.09 bits per heavy atom. The third-order valence-electron chi connectivity index (χ3n) is 3.18. The molecule has 5 heteroatoms. The van der Waals surface area contributed by atoms with Crippen LogP contribution < -0.4 is 10.2 Å². The topological polar surface area (TPSA) is 59.9 Å². The molecule has 5 nitrogen and oxygen atoms in total. The first-order valence-corrected chi connectivity index (χ1v) is 7.40. The van der Waals surface area contributed by atoms with Crippen LogP contribution >= 0.6 is 0 Å². The Labute approximate surface area is 136 Å². The number of rotatable bonds is 3. The lowest BCUT2D eigenvalue weighted by Crippen LogP contribution is -2.30. The summed E-state index contributed by atoms with van der Waals surface area (Å²) in [6.45, 7) is 7.25. The maximum absolute atomic E-state index is 11.6. The van der Waals surface area contributed by atoms with Crippen LogP contribution in [0.1, 0.15) is 33.3 Å². The van der Waals surface area contributed by atoms with Gasteiger partial charge in [-0.15, -0.1) is 0 Å². The molecule has 122 valence electrons. The lowest BCUT2D eigenvalue weighted by Gasteiger charge is -2.18. The highest BCUT2D eigenvalue weighted by atomic mass is 16.6. The second-order valence-electron chi connectivity index (χ2n) is 6.24. The number of carbonyl (C=O) groups is 1. The smallest absolute Gasteiger partial charge is 0.428 e. The third-order valence-corrected chi connectivity index (χ3v) is 3.18. The SMILES string of the molecule is COc1ccc2cc(C(C)=NNC(=O)OC(C)(C)C)ccc2c1. The van der Waals surface area contributed by atoms with Gasteiger partial charge in [-0.1, -0.05) is 18.2 Å².